The molecule has 10 aromatic carbocycles. The van der Waals surface area contributed by atoms with E-state index >= 15 is 0 Å². The minimum Gasteiger partial charge on any atom is -0.497 e. The first-order valence-electron chi connectivity index (χ1n) is 32.8. The van der Waals surface area contributed by atoms with Crippen LogP contribution in [0, 0.1) is 0 Å². The van der Waals surface area contributed by atoms with Crippen LogP contribution in [0.25, 0.3) is 56.0 Å². The summed E-state index contributed by atoms with van der Waals surface area (Å²) in [5.74, 6) is 4.28. The zero-order chi connectivity index (χ0) is 64.6. The molecule has 474 valence electrons. The molecule has 0 radical (unpaired) electrons. The van der Waals surface area contributed by atoms with E-state index in [0.717, 1.165) is 99.3 Å². The van der Waals surface area contributed by atoms with Crippen LogP contribution in [0.5, 0.6) is 34.5 Å². The monoisotopic (exact) mass is 1250 g/mol. The Morgan fingerprint density at radius 2 is 0.798 bits per heavy atom. The molecule has 10 aromatic rings. The van der Waals surface area contributed by atoms with Gasteiger partial charge in [0.2, 0.25) is 0 Å². The Morgan fingerprint density at radius 1 is 0.415 bits per heavy atom. The van der Waals surface area contributed by atoms with Crippen molar-refractivity contribution >= 4 is 45.8 Å². The number of methoxy groups -OCH3 is 2. The maximum Gasteiger partial charge on any atom is 0.407 e. The lowest BCUT2D eigenvalue weighted by molar-refractivity contribution is -0.144. The van der Waals surface area contributed by atoms with Gasteiger partial charge in [-0.05, 0) is 129 Å². The highest BCUT2D eigenvalue weighted by molar-refractivity contribution is 6.10. The van der Waals surface area contributed by atoms with E-state index in [-0.39, 0.29) is 43.2 Å². The van der Waals surface area contributed by atoms with Crippen LogP contribution in [0.15, 0.2) is 206 Å². The molecular weight excluding hydrogens is 1170 g/mol. The largest absolute Gasteiger partial charge is 0.497 e. The Bertz CT molecular complexity index is 4270. The molecule has 11 heteroatoms. The number of carbonyl (C=O) groups is 2. The van der Waals surface area contributed by atoms with E-state index in [0.29, 0.717) is 24.5 Å². The summed E-state index contributed by atoms with van der Waals surface area (Å²) in [7, 11) is 3.34. The Labute approximate surface area is 549 Å². The van der Waals surface area contributed by atoms with E-state index in [1.165, 1.54) is 55.3 Å². The van der Waals surface area contributed by atoms with Gasteiger partial charge in [-0.2, -0.15) is 0 Å². The van der Waals surface area contributed by atoms with Crippen LogP contribution in [0.4, 0.5) is 4.79 Å². The van der Waals surface area contributed by atoms with Crippen molar-refractivity contribution in [2.45, 2.75) is 88.3 Å². The highest BCUT2D eigenvalue weighted by Crippen LogP contribution is 2.60. The van der Waals surface area contributed by atoms with Crippen LogP contribution in [0.1, 0.15) is 122 Å². The second-order valence-electron chi connectivity index (χ2n) is 25.8. The first kappa shape index (κ1) is 61.3. The summed E-state index contributed by atoms with van der Waals surface area (Å²) < 4.78 is 49.2. The van der Waals surface area contributed by atoms with Gasteiger partial charge in [-0.1, -0.05) is 205 Å². The zero-order valence-corrected chi connectivity index (χ0v) is 54.1. The fourth-order valence-electron chi connectivity index (χ4n) is 14.9. The van der Waals surface area contributed by atoms with Crippen LogP contribution in [0.2, 0.25) is 0 Å². The SMILES string of the molecule is COc1ccc(C2(c3ccc(OCCOC(=O)CCCCCCCNC(=O)OCCOc4ccc(C5(c6ccc(OC)cc6)C=Cc6c7c(c8ccccc8c6O5)-c5ccccc5C7(C)C)cc4)cc3)C=Cc3c4c(c5ccccc5c3O2)-c2ccccc2C4(C)C)cc1. The number of unbranched alkanes of at least 4 members (excludes halogenated alkanes) is 4. The molecule has 1 N–H and O–H groups in total. The number of hydrogen-bond acceptors (Lipinski definition) is 10. The Hall–Kier alpha value is -10.3. The number of hydrogen-bond donors (Lipinski definition) is 1. The van der Waals surface area contributed by atoms with Gasteiger partial charge in [0.1, 0.15) is 60.9 Å². The Kier molecular flexibility index (Phi) is 16.5. The quantitative estimate of drug-likeness (QED) is 0.0519. The highest BCUT2D eigenvalue weighted by atomic mass is 16.6. The second kappa shape index (κ2) is 25.3. The van der Waals surface area contributed by atoms with Gasteiger partial charge in [0.05, 0.1) is 14.2 Å². The third-order valence-electron chi connectivity index (χ3n) is 19.5. The Morgan fingerprint density at radius 3 is 1.24 bits per heavy atom. The van der Waals surface area contributed by atoms with Crippen LogP contribution >= 0.6 is 0 Å². The van der Waals surface area contributed by atoms with Crippen molar-refractivity contribution < 1.29 is 47.5 Å². The van der Waals surface area contributed by atoms with Crippen LogP contribution in [-0.2, 0) is 36.3 Å². The van der Waals surface area contributed by atoms with Crippen LogP contribution in [-0.4, -0.2) is 59.3 Å². The first-order chi connectivity index (χ1) is 45.8. The predicted molar refractivity (Wildman–Crippen MR) is 372 cm³/mol. The molecule has 0 saturated heterocycles. The summed E-state index contributed by atoms with van der Waals surface area (Å²) in [6.07, 6.45) is 12.9. The molecular formula is C83H77NO10. The average Bonchev–Trinajstić information content (AvgIpc) is 1.47. The fraction of sp³-hybridized carbons (Fsp3) is 0.253. The summed E-state index contributed by atoms with van der Waals surface area (Å²) in [5.41, 5.74) is 13.8. The van der Waals surface area contributed by atoms with E-state index in [2.05, 4.69) is 179 Å². The van der Waals surface area contributed by atoms with Gasteiger partial charge in [0.25, 0.3) is 0 Å². The van der Waals surface area contributed by atoms with Crippen LogP contribution < -0.4 is 33.7 Å². The minimum atomic E-state index is -0.966. The Balaban J connectivity index is 0.516. The third kappa shape index (κ3) is 10.9. The van der Waals surface area contributed by atoms with Gasteiger partial charge in [-0.15, -0.1) is 0 Å². The molecule has 2 aliphatic heterocycles. The molecule has 2 aliphatic carbocycles. The molecule has 2 atom stereocenters. The fourth-order valence-corrected chi connectivity index (χ4v) is 14.9. The van der Waals surface area contributed by atoms with Gasteiger partial charge < -0.3 is 43.2 Å². The third-order valence-corrected chi connectivity index (χ3v) is 19.5. The van der Waals surface area contributed by atoms with Gasteiger partial charge in [0, 0.05) is 67.9 Å². The highest BCUT2D eigenvalue weighted by Gasteiger charge is 2.46. The lowest BCUT2D eigenvalue weighted by atomic mass is 9.77. The average molecular weight is 1250 g/mol. The normalized spacial score (nSPS) is 17.1. The number of esters is 1. The number of carbonyl (C=O) groups excluding carboxylic acids is 2. The lowest BCUT2D eigenvalue weighted by Crippen LogP contribution is -2.35. The summed E-state index contributed by atoms with van der Waals surface area (Å²) in [4.78, 5) is 25.3. The molecule has 14 rings (SSSR count). The molecule has 2 heterocycles. The van der Waals surface area contributed by atoms with Crippen molar-refractivity contribution in [3.8, 4) is 56.8 Å². The number of amides is 1. The molecule has 11 nitrogen and oxygen atoms in total. The molecule has 0 saturated carbocycles. The van der Waals surface area contributed by atoms with E-state index in [1.807, 2.05) is 72.8 Å². The topological polar surface area (TPSA) is 120 Å². The van der Waals surface area contributed by atoms with E-state index in [9.17, 15) is 9.59 Å². The number of alkyl carbamates (subject to hydrolysis) is 1. The van der Waals surface area contributed by atoms with Gasteiger partial charge in [0.15, 0.2) is 11.2 Å². The number of ether oxygens (including phenoxy) is 8. The minimum absolute atomic E-state index is 0.0881. The molecule has 1 amide bonds. The molecule has 2 unspecified atom stereocenters. The van der Waals surface area contributed by atoms with Crippen molar-refractivity contribution in [3.63, 3.8) is 0 Å². The number of fused-ring (bicyclic) bond motifs is 16. The molecule has 0 bridgehead atoms. The van der Waals surface area contributed by atoms with Crippen molar-refractivity contribution in [3.05, 3.63) is 262 Å². The summed E-state index contributed by atoms with van der Waals surface area (Å²) >= 11 is 0. The molecule has 0 spiro atoms. The van der Waals surface area contributed by atoms with Gasteiger partial charge in [-0.25, -0.2) is 4.79 Å². The summed E-state index contributed by atoms with van der Waals surface area (Å²) in [6, 6.07) is 66.7. The molecule has 0 fully saturated rings. The first-order valence-corrected chi connectivity index (χ1v) is 32.8. The number of benzene rings is 10. The predicted octanol–water partition coefficient (Wildman–Crippen LogP) is 18.4. The molecule has 94 heavy (non-hydrogen) atoms. The van der Waals surface area contributed by atoms with Crippen LogP contribution in [0.3, 0.4) is 0 Å². The maximum absolute atomic E-state index is 12.7. The smallest absolute Gasteiger partial charge is 0.407 e. The standard InChI is InChI=1S/C83H77NO10/c1-80(2)70-26-17-15-24-66(70)73-62-20-11-13-22-64(62)77-68(75(73)80)45-47-82(93-77,54-29-37-58(87-5)38-30-54)56-33-41-60(42-34-56)89-50-52-91-72(85)28-10-8-7-9-19-49-84-79(86)92-53-51-90-61-43-35-57(36-44-61)83(55-31-39-59(88-6)40-32-55)48-46-69-76-74(63-21-12-14-23-65(63)78(69)94-83)67-25-16-18-27-71(67)81(76,3)4/h11-18,20-27,29-48H,7-10,19,28,49-53H2,1-6H3,(H,84,86). The van der Waals surface area contributed by atoms with Crippen molar-refractivity contribution in [1.82, 2.24) is 5.32 Å². The molecule has 4 aliphatic rings. The van der Waals surface area contributed by atoms with Gasteiger partial charge >= 0.3 is 12.1 Å². The molecule has 0 aromatic heterocycles. The second-order valence-corrected chi connectivity index (χ2v) is 25.8. The van der Waals surface area contributed by atoms with Gasteiger partial charge in [-0.3, -0.25) is 4.79 Å². The lowest BCUT2D eigenvalue weighted by Gasteiger charge is -2.38. The van der Waals surface area contributed by atoms with E-state index in [4.69, 9.17) is 37.9 Å². The number of nitrogens with one attached hydrogen (secondary N) is 1. The summed E-state index contributed by atoms with van der Waals surface area (Å²) in [6.45, 7) is 10.4. The number of rotatable bonds is 22. The van der Waals surface area contributed by atoms with E-state index < -0.39 is 17.3 Å². The summed E-state index contributed by atoms with van der Waals surface area (Å²) in [5, 5.41) is 7.31. The van der Waals surface area contributed by atoms with E-state index in [1.54, 1.807) is 14.2 Å². The zero-order valence-electron chi connectivity index (χ0n) is 54.1. The van der Waals surface area contributed by atoms with Crippen molar-refractivity contribution in [2.75, 3.05) is 47.2 Å². The van der Waals surface area contributed by atoms with Crippen molar-refractivity contribution in [2.24, 2.45) is 0 Å². The maximum atomic E-state index is 12.7. The van der Waals surface area contributed by atoms with Crippen molar-refractivity contribution in [1.29, 1.82) is 0 Å².